The molecule has 1 aromatic heterocycles. The SMILES string of the molecule is CC(C)(C)OC(=O)N[C@@H]1CCC[C@@H](N(Cc2ccc(C(=O)O)[nH]2)C(=O)OCC2c3ccccc3-c3ccccc32)C1. The summed E-state index contributed by atoms with van der Waals surface area (Å²) in [5.41, 5.74) is 4.60. The molecule has 3 aromatic rings. The number of rotatable bonds is 7. The van der Waals surface area contributed by atoms with Crippen LogP contribution in [0.15, 0.2) is 60.7 Å². The molecule has 0 aliphatic heterocycles. The first-order chi connectivity index (χ1) is 19.6. The van der Waals surface area contributed by atoms with Crippen LogP contribution in [0.4, 0.5) is 9.59 Å². The summed E-state index contributed by atoms with van der Waals surface area (Å²) in [4.78, 5) is 42.2. The topological polar surface area (TPSA) is 121 Å². The summed E-state index contributed by atoms with van der Waals surface area (Å²) in [5.74, 6) is -1.14. The predicted octanol–water partition coefficient (Wildman–Crippen LogP) is 6.30. The molecular weight excluding hydrogens is 522 g/mol. The first-order valence-corrected chi connectivity index (χ1v) is 14.1. The highest BCUT2D eigenvalue weighted by molar-refractivity contribution is 5.85. The number of hydrogen-bond acceptors (Lipinski definition) is 5. The van der Waals surface area contributed by atoms with Gasteiger partial charge in [-0.15, -0.1) is 0 Å². The molecular formula is C32H37N3O6. The smallest absolute Gasteiger partial charge is 0.410 e. The number of carbonyl (C=O) groups is 3. The fraction of sp³-hybridized carbons (Fsp3) is 0.406. The lowest BCUT2D eigenvalue weighted by molar-refractivity contribution is 0.0449. The highest BCUT2D eigenvalue weighted by Gasteiger charge is 2.34. The van der Waals surface area contributed by atoms with Crippen molar-refractivity contribution in [3.05, 3.63) is 83.2 Å². The highest BCUT2D eigenvalue weighted by atomic mass is 16.6. The zero-order valence-electron chi connectivity index (χ0n) is 23.7. The number of H-pyrrole nitrogens is 1. The number of aromatic nitrogens is 1. The standard InChI is InChI=1S/C32H37N3O6/c1-32(2,3)41-30(38)34-20-9-8-10-22(17-20)35(18-21-15-16-28(33-21)29(36)37)31(39)40-19-27-25-13-6-4-11-23(25)24-12-5-7-14-26(24)27/h4-7,11-16,20,22,27,33H,8-10,17-19H2,1-3H3,(H,34,38)(H,36,37)/t20-,22-/m1/s1. The third-order valence-electron chi connectivity index (χ3n) is 7.70. The number of aromatic amines is 1. The number of benzene rings is 2. The van der Waals surface area contributed by atoms with Gasteiger partial charge in [-0.3, -0.25) is 4.90 Å². The number of alkyl carbamates (subject to hydrolysis) is 1. The van der Waals surface area contributed by atoms with E-state index in [9.17, 15) is 19.5 Å². The molecule has 1 heterocycles. The predicted molar refractivity (Wildman–Crippen MR) is 154 cm³/mol. The Hall–Kier alpha value is -4.27. The maximum Gasteiger partial charge on any atom is 0.410 e. The zero-order valence-corrected chi connectivity index (χ0v) is 23.7. The van der Waals surface area contributed by atoms with Crippen LogP contribution < -0.4 is 5.32 Å². The molecule has 216 valence electrons. The van der Waals surface area contributed by atoms with Crippen molar-refractivity contribution in [2.24, 2.45) is 0 Å². The van der Waals surface area contributed by atoms with Gasteiger partial charge in [0.2, 0.25) is 0 Å². The van der Waals surface area contributed by atoms with Crippen molar-refractivity contribution in [3.63, 3.8) is 0 Å². The monoisotopic (exact) mass is 559 g/mol. The third kappa shape index (κ3) is 6.56. The third-order valence-corrected chi connectivity index (χ3v) is 7.70. The van der Waals surface area contributed by atoms with Crippen molar-refractivity contribution in [2.75, 3.05) is 6.61 Å². The molecule has 1 saturated carbocycles. The van der Waals surface area contributed by atoms with Crippen LogP contribution in [0.1, 0.15) is 79.7 Å². The van der Waals surface area contributed by atoms with E-state index in [1.54, 1.807) is 11.0 Å². The minimum atomic E-state index is -1.07. The Morgan fingerprint density at radius 1 is 0.976 bits per heavy atom. The lowest BCUT2D eigenvalue weighted by atomic mass is 9.90. The number of fused-ring (bicyclic) bond motifs is 3. The number of carboxylic acids is 1. The van der Waals surface area contributed by atoms with Gasteiger partial charge in [0.15, 0.2) is 0 Å². The minimum absolute atomic E-state index is 0.0561. The lowest BCUT2D eigenvalue weighted by Crippen LogP contribution is -2.48. The van der Waals surface area contributed by atoms with Crippen LogP contribution in [0.3, 0.4) is 0 Å². The molecule has 1 fully saturated rings. The maximum absolute atomic E-state index is 13.7. The zero-order chi connectivity index (χ0) is 29.1. The molecule has 5 rings (SSSR count). The van der Waals surface area contributed by atoms with Crippen LogP contribution in [-0.4, -0.2) is 57.4 Å². The van der Waals surface area contributed by atoms with E-state index in [1.807, 2.05) is 45.0 Å². The van der Waals surface area contributed by atoms with Gasteiger partial charge < -0.3 is 24.9 Å². The Morgan fingerprint density at radius 3 is 2.24 bits per heavy atom. The average Bonchev–Trinajstić information content (AvgIpc) is 3.52. The second-order valence-corrected chi connectivity index (χ2v) is 11.8. The molecule has 0 bridgehead atoms. The van der Waals surface area contributed by atoms with Crippen LogP contribution in [0.25, 0.3) is 11.1 Å². The van der Waals surface area contributed by atoms with Gasteiger partial charge in [0.25, 0.3) is 0 Å². The number of nitrogens with one attached hydrogen (secondary N) is 2. The summed E-state index contributed by atoms with van der Waals surface area (Å²) < 4.78 is 11.4. The van der Waals surface area contributed by atoms with E-state index < -0.39 is 23.8 Å². The van der Waals surface area contributed by atoms with E-state index in [-0.39, 0.29) is 36.8 Å². The molecule has 0 saturated heterocycles. The summed E-state index contributed by atoms with van der Waals surface area (Å²) in [6.07, 6.45) is 1.91. The molecule has 41 heavy (non-hydrogen) atoms. The summed E-state index contributed by atoms with van der Waals surface area (Å²) in [6, 6.07) is 19.1. The van der Waals surface area contributed by atoms with Crippen LogP contribution in [-0.2, 0) is 16.0 Å². The van der Waals surface area contributed by atoms with Gasteiger partial charge >= 0.3 is 18.2 Å². The molecule has 2 aliphatic carbocycles. The Bertz CT molecular complexity index is 1380. The second-order valence-electron chi connectivity index (χ2n) is 11.8. The maximum atomic E-state index is 13.7. The normalized spacial score (nSPS) is 18.2. The fourth-order valence-electron chi connectivity index (χ4n) is 5.91. The van der Waals surface area contributed by atoms with E-state index in [0.29, 0.717) is 12.1 Å². The second kappa shape index (κ2) is 11.7. The average molecular weight is 560 g/mol. The van der Waals surface area contributed by atoms with Gasteiger partial charge in [0.05, 0.1) is 6.54 Å². The summed E-state index contributed by atoms with van der Waals surface area (Å²) in [7, 11) is 0. The minimum Gasteiger partial charge on any atom is -0.477 e. The molecule has 2 atom stereocenters. The molecule has 3 N–H and O–H groups in total. The Labute approximate surface area is 239 Å². The highest BCUT2D eigenvalue weighted by Crippen LogP contribution is 2.44. The number of nitrogens with zero attached hydrogens (tertiary/aromatic N) is 1. The van der Waals surface area contributed by atoms with Crippen molar-refractivity contribution in [2.45, 2.75) is 76.6 Å². The van der Waals surface area contributed by atoms with Gasteiger partial charge in [-0.05, 0) is 80.8 Å². The van der Waals surface area contributed by atoms with Crippen LogP contribution in [0.2, 0.25) is 0 Å². The Morgan fingerprint density at radius 2 is 1.63 bits per heavy atom. The van der Waals surface area contributed by atoms with Gasteiger partial charge in [-0.1, -0.05) is 48.5 Å². The number of ether oxygens (including phenoxy) is 2. The molecule has 9 heteroatoms. The summed E-state index contributed by atoms with van der Waals surface area (Å²) in [5, 5.41) is 12.3. The fourth-order valence-corrected chi connectivity index (χ4v) is 5.91. The van der Waals surface area contributed by atoms with Crippen LogP contribution >= 0.6 is 0 Å². The van der Waals surface area contributed by atoms with Crippen LogP contribution in [0.5, 0.6) is 0 Å². The molecule has 0 radical (unpaired) electrons. The molecule has 2 aliphatic rings. The summed E-state index contributed by atoms with van der Waals surface area (Å²) >= 11 is 0. The molecule has 0 unspecified atom stereocenters. The van der Waals surface area contributed by atoms with Crippen molar-refractivity contribution in [1.29, 1.82) is 0 Å². The molecule has 2 aromatic carbocycles. The van der Waals surface area contributed by atoms with Crippen molar-refractivity contribution in [3.8, 4) is 11.1 Å². The van der Waals surface area contributed by atoms with Crippen molar-refractivity contribution in [1.82, 2.24) is 15.2 Å². The Kier molecular flexibility index (Phi) is 8.06. The molecule has 2 amide bonds. The van der Waals surface area contributed by atoms with Gasteiger partial charge in [0.1, 0.15) is 17.9 Å². The van der Waals surface area contributed by atoms with Crippen molar-refractivity contribution >= 4 is 18.2 Å². The largest absolute Gasteiger partial charge is 0.477 e. The van der Waals surface area contributed by atoms with Gasteiger partial charge in [-0.2, -0.15) is 0 Å². The number of amides is 2. The first-order valence-electron chi connectivity index (χ1n) is 14.1. The van der Waals surface area contributed by atoms with E-state index in [1.165, 1.54) is 6.07 Å². The molecule has 0 spiro atoms. The number of aromatic carboxylic acids is 1. The van der Waals surface area contributed by atoms with Crippen molar-refractivity contribution < 1.29 is 29.0 Å². The van der Waals surface area contributed by atoms with Crippen LogP contribution in [0, 0.1) is 0 Å². The van der Waals surface area contributed by atoms with E-state index >= 15 is 0 Å². The van der Waals surface area contributed by atoms with E-state index in [0.717, 1.165) is 41.5 Å². The van der Waals surface area contributed by atoms with Gasteiger partial charge in [0, 0.05) is 23.7 Å². The number of hydrogen-bond donors (Lipinski definition) is 3. The van der Waals surface area contributed by atoms with E-state index in [4.69, 9.17) is 9.47 Å². The Balaban J connectivity index is 1.33. The summed E-state index contributed by atoms with van der Waals surface area (Å²) in [6.45, 7) is 5.79. The number of carboxylic acid groups (broad SMARTS) is 1. The van der Waals surface area contributed by atoms with E-state index in [2.05, 4.69) is 34.6 Å². The lowest BCUT2D eigenvalue weighted by Gasteiger charge is -2.37. The first kappa shape index (κ1) is 28.3. The molecule has 9 nitrogen and oxygen atoms in total. The quantitative estimate of drug-likeness (QED) is 0.312. The van der Waals surface area contributed by atoms with Gasteiger partial charge in [-0.25, -0.2) is 14.4 Å². The number of carbonyl (C=O) groups excluding carboxylic acids is 2.